The minimum atomic E-state index is -2.99. The first-order valence-corrected chi connectivity index (χ1v) is 7.77. The molecule has 2 aromatic heterocycles. The lowest BCUT2D eigenvalue weighted by atomic mass is 10.1. The molecule has 2 rings (SSSR count). The molecule has 7 heteroatoms. The summed E-state index contributed by atoms with van der Waals surface area (Å²) in [5.41, 5.74) is 0.860. The van der Waals surface area contributed by atoms with Gasteiger partial charge in [-0.2, -0.15) is 8.78 Å². The molecule has 0 radical (unpaired) electrons. The molecule has 136 valence electrons. The van der Waals surface area contributed by atoms with Crippen LogP contribution in [0.1, 0.15) is 30.7 Å². The van der Waals surface area contributed by atoms with Gasteiger partial charge in [-0.1, -0.05) is 12.2 Å². The Labute approximate surface area is 149 Å². The number of alkyl halides is 2. The second-order valence-electron chi connectivity index (χ2n) is 5.55. The molecule has 0 bridgehead atoms. The molecule has 0 aromatic carbocycles. The zero-order valence-corrected chi connectivity index (χ0v) is 14.6. The molecule has 0 fully saturated rings. The highest BCUT2D eigenvalue weighted by Gasteiger charge is 2.25. The van der Waals surface area contributed by atoms with E-state index in [0.717, 1.165) is 13.1 Å². The Morgan fingerprint density at radius 3 is 2.62 bits per heavy atom. The second kappa shape index (κ2) is 8.42. The highest BCUT2D eigenvalue weighted by atomic mass is 19.3. The third-order valence-electron chi connectivity index (χ3n) is 3.37. The summed E-state index contributed by atoms with van der Waals surface area (Å²) in [5, 5.41) is 0. The Morgan fingerprint density at radius 1 is 1.19 bits per heavy atom. The van der Waals surface area contributed by atoms with Gasteiger partial charge in [-0.05, 0) is 36.3 Å². The van der Waals surface area contributed by atoms with Gasteiger partial charge in [0.25, 0.3) is 5.92 Å². The van der Waals surface area contributed by atoms with Gasteiger partial charge in [0.15, 0.2) is 5.90 Å². The maximum Gasteiger partial charge on any atom is 0.286 e. The molecule has 0 spiro atoms. The molecule has 0 amide bonds. The molecule has 0 saturated heterocycles. The number of aromatic nitrogens is 2. The lowest BCUT2D eigenvalue weighted by Gasteiger charge is -2.10. The normalized spacial score (nSPS) is 12.9. The Balaban J connectivity index is 1.94. The number of aliphatic imine (C=N–C) groups is 1. The van der Waals surface area contributed by atoms with Crippen LogP contribution in [0.4, 0.5) is 13.2 Å². The Kier molecular flexibility index (Phi) is 6.27. The maximum absolute atomic E-state index is 13.4. The van der Waals surface area contributed by atoms with Gasteiger partial charge in [-0.15, -0.1) is 0 Å². The Bertz CT molecular complexity index is 838. The van der Waals surface area contributed by atoms with Gasteiger partial charge < -0.3 is 4.74 Å². The van der Waals surface area contributed by atoms with Crippen molar-refractivity contribution in [3.05, 3.63) is 71.7 Å². The first-order valence-electron chi connectivity index (χ1n) is 7.77. The quantitative estimate of drug-likeness (QED) is 0.425. The van der Waals surface area contributed by atoms with Gasteiger partial charge in [0, 0.05) is 26.2 Å². The molecule has 2 aromatic rings. The van der Waals surface area contributed by atoms with Crippen molar-refractivity contribution in [1.29, 1.82) is 0 Å². The van der Waals surface area contributed by atoms with E-state index >= 15 is 0 Å². The molecule has 0 unspecified atom stereocenters. The molecular formula is C19H18F3N3O. The third-order valence-corrected chi connectivity index (χ3v) is 3.37. The van der Waals surface area contributed by atoms with Crippen molar-refractivity contribution in [2.24, 2.45) is 4.99 Å². The number of nitrogens with zero attached hydrogens (tertiary/aromatic N) is 3. The number of rotatable bonds is 5. The zero-order chi connectivity index (χ0) is 19.2. The maximum atomic E-state index is 13.4. The van der Waals surface area contributed by atoms with Crippen LogP contribution in [0.25, 0.3) is 6.08 Å². The fourth-order valence-electron chi connectivity index (χ4n) is 1.94. The lowest BCUT2D eigenvalue weighted by molar-refractivity contribution is 0.0127. The van der Waals surface area contributed by atoms with Gasteiger partial charge >= 0.3 is 0 Å². The van der Waals surface area contributed by atoms with E-state index < -0.39 is 5.92 Å². The summed E-state index contributed by atoms with van der Waals surface area (Å²) in [6.45, 7) is 4.07. The van der Waals surface area contributed by atoms with Crippen LogP contribution in [0.15, 0.2) is 54.1 Å². The smallest absolute Gasteiger partial charge is 0.286 e. The number of halogens is 3. The first-order chi connectivity index (χ1) is 12.3. The van der Waals surface area contributed by atoms with E-state index in [1.54, 1.807) is 38.3 Å². The number of hydrogen-bond donors (Lipinski definition) is 0. The molecule has 2 heterocycles. The molecule has 0 saturated carbocycles. The summed E-state index contributed by atoms with van der Waals surface area (Å²) >= 11 is 0. The van der Waals surface area contributed by atoms with E-state index in [4.69, 9.17) is 4.74 Å². The highest BCUT2D eigenvalue weighted by molar-refractivity contribution is 5.76. The van der Waals surface area contributed by atoms with Crippen LogP contribution in [0.5, 0.6) is 5.75 Å². The Hall–Kier alpha value is -2.96. The molecule has 4 nitrogen and oxygen atoms in total. The topological polar surface area (TPSA) is 47.4 Å². The van der Waals surface area contributed by atoms with E-state index in [1.165, 1.54) is 24.5 Å². The minimum Gasteiger partial charge on any atom is -0.442 e. The molecule has 0 atom stereocenters. The van der Waals surface area contributed by atoms with E-state index in [0.29, 0.717) is 22.8 Å². The van der Waals surface area contributed by atoms with Crippen LogP contribution in [0.2, 0.25) is 0 Å². The Morgan fingerprint density at radius 2 is 1.96 bits per heavy atom. The van der Waals surface area contributed by atoms with Crippen LogP contribution < -0.4 is 4.74 Å². The van der Waals surface area contributed by atoms with E-state index in [9.17, 15) is 13.2 Å². The van der Waals surface area contributed by atoms with Crippen molar-refractivity contribution in [3.8, 4) is 5.75 Å². The molecule has 0 aliphatic heterocycles. The molecule has 0 aliphatic carbocycles. The molecule has 0 aliphatic rings. The number of pyridine rings is 2. The average molecular weight is 361 g/mol. The van der Waals surface area contributed by atoms with Gasteiger partial charge in [0.2, 0.25) is 0 Å². The fourth-order valence-corrected chi connectivity index (χ4v) is 1.94. The van der Waals surface area contributed by atoms with Gasteiger partial charge in [-0.3, -0.25) is 9.97 Å². The fraction of sp³-hybridized carbons (Fsp3) is 0.211. The predicted molar refractivity (Wildman–Crippen MR) is 94.6 cm³/mol. The highest BCUT2D eigenvalue weighted by Crippen LogP contribution is 2.25. The monoisotopic (exact) mass is 361 g/mol. The van der Waals surface area contributed by atoms with Crippen LogP contribution in [0, 0.1) is 12.7 Å². The number of hydrogen-bond acceptors (Lipinski definition) is 4. The van der Waals surface area contributed by atoms with Crippen molar-refractivity contribution in [2.75, 3.05) is 0 Å². The van der Waals surface area contributed by atoms with Crippen molar-refractivity contribution >= 4 is 12.0 Å². The van der Waals surface area contributed by atoms with Crippen molar-refractivity contribution in [2.45, 2.75) is 26.7 Å². The third kappa shape index (κ3) is 5.54. The summed E-state index contributed by atoms with van der Waals surface area (Å²) in [4.78, 5) is 11.5. The van der Waals surface area contributed by atoms with Gasteiger partial charge in [0.05, 0.1) is 12.4 Å². The van der Waals surface area contributed by atoms with Crippen LogP contribution >= 0.6 is 0 Å². The van der Waals surface area contributed by atoms with E-state index in [-0.39, 0.29) is 11.5 Å². The average Bonchev–Trinajstić information content (AvgIpc) is 2.58. The molecule has 26 heavy (non-hydrogen) atoms. The van der Waals surface area contributed by atoms with Gasteiger partial charge in [0.1, 0.15) is 17.3 Å². The van der Waals surface area contributed by atoms with Crippen molar-refractivity contribution in [1.82, 2.24) is 9.97 Å². The second-order valence-corrected chi connectivity index (χ2v) is 5.55. The molecular weight excluding hydrogens is 343 g/mol. The summed E-state index contributed by atoms with van der Waals surface area (Å²) in [7, 11) is 0. The first kappa shape index (κ1) is 19.4. The van der Waals surface area contributed by atoms with E-state index in [1.807, 2.05) is 0 Å². The SMILES string of the molecule is C\C(=N/C=C\C=C\c1cncc(F)c1C)Oc1ccc(C(C)(F)F)nc1. The summed E-state index contributed by atoms with van der Waals surface area (Å²) < 4.78 is 44.9. The van der Waals surface area contributed by atoms with Crippen LogP contribution in [-0.4, -0.2) is 15.9 Å². The van der Waals surface area contributed by atoms with E-state index in [2.05, 4.69) is 15.0 Å². The van der Waals surface area contributed by atoms with Crippen molar-refractivity contribution < 1.29 is 17.9 Å². The molecule has 0 N–H and O–H groups in total. The lowest BCUT2D eigenvalue weighted by Crippen LogP contribution is -2.10. The zero-order valence-electron chi connectivity index (χ0n) is 14.6. The summed E-state index contributed by atoms with van der Waals surface area (Å²) in [6, 6.07) is 2.61. The predicted octanol–water partition coefficient (Wildman–Crippen LogP) is 5.06. The summed E-state index contributed by atoms with van der Waals surface area (Å²) in [5.74, 6) is -2.73. The van der Waals surface area contributed by atoms with Crippen LogP contribution in [0.3, 0.4) is 0 Å². The number of allylic oxidation sites excluding steroid dienone is 2. The summed E-state index contributed by atoms with van der Waals surface area (Å²) in [6.07, 6.45) is 10.5. The number of ether oxygens (including phenoxy) is 1. The van der Waals surface area contributed by atoms with Crippen molar-refractivity contribution in [3.63, 3.8) is 0 Å². The minimum absolute atomic E-state index is 0.310. The largest absolute Gasteiger partial charge is 0.442 e. The van der Waals surface area contributed by atoms with Gasteiger partial charge in [-0.25, -0.2) is 9.38 Å². The van der Waals surface area contributed by atoms with Crippen LogP contribution in [-0.2, 0) is 5.92 Å². The standard InChI is InChI=1S/C19H18F3N3O/c1-13-15(10-23-12-17(13)20)6-4-5-9-24-14(2)26-16-7-8-18(25-11-16)19(3,21)22/h4-12H,1-3H3/b6-4+,9-5-,24-14+.